The van der Waals surface area contributed by atoms with Crippen molar-refractivity contribution in [2.75, 3.05) is 0 Å². The summed E-state index contributed by atoms with van der Waals surface area (Å²) in [5.74, 6) is -0.373. The molecular formula is C18H14F3N3O2. The number of ketones is 1. The molecule has 0 spiro atoms. The number of benzene rings is 1. The lowest BCUT2D eigenvalue weighted by molar-refractivity contribution is -0.137. The smallest absolute Gasteiger partial charge is 0.345 e. The van der Waals surface area contributed by atoms with E-state index in [1.54, 1.807) is 29.8 Å². The summed E-state index contributed by atoms with van der Waals surface area (Å²) in [5, 5.41) is 6.26. The second kappa shape index (κ2) is 6.62. The zero-order valence-corrected chi connectivity index (χ0v) is 13.7. The molecule has 1 N–H and O–H groups in total. The predicted octanol–water partition coefficient (Wildman–Crippen LogP) is 2.95. The van der Waals surface area contributed by atoms with E-state index in [2.05, 4.69) is 10.2 Å². The van der Waals surface area contributed by atoms with E-state index < -0.39 is 11.7 Å². The summed E-state index contributed by atoms with van der Waals surface area (Å²) in [7, 11) is 1.69. The molecule has 0 aliphatic carbocycles. The Morgan fingerprint density at radius 3 is 2.35 bits per heavy atom. The van der Waals surface area contributed by atoms with E-state index in [-0.39, 0.29) is 16.9 Å². The van der Waals surface area contributed by atoms with Crippen LogP contribution in [0.1, 0.15) is 33.0 Å². The standard InChI is InChI=1S/C18H14F3N3O2/c1-24-14(10-13-6-9-16(25)23-22-13)7-8-15(24)17(26)11-2-4-12(5-3-11)18(19,20)21/h2-9H,10H2,1H3,(H,23,25). The molecule has 26 heavy (non-hydrogen) atoms. The van der Waals surface area contributed by atoms with E-state index in [1.807, 2.05) is 0 Å². The molecule has 0 atom stereocenters. The highest BCUT2D eigenvalue weighted by molar-refractivity contribution is 6.08. The molecule has 0 radical (unpaired) electrons. The van der Waals surface area contributed by atoms with Crippen molar-refractivity contribution in [1.29, 1.82) is 0 Å². The van der Waals surface area contributed by atoms with Crippen molar-refractivity contribution < 1.29 is 18.0 Å². The first-order valence-corrected chi connectivity index (χ1v) is 7.67. The number of aromatic amines is 1. The Morgan fingerprint density at radius 1 is 1.08 bits per heavy atom. The Bertz CT molecular complexity index is 981. The minimum Gasteiger partial charge on any atom is -0.345 e. The van der Waals surface area contributed by atoms with Crippen molar-refractivity contribution in [3.63, 3.8) is 0 Å². The van der Waals surface area contributed by atoms with Crippen LogP contribution < -0.4 is 5.56 Å². The zero-order chi connectivity index (χ0) is 18.9. The molecule has 0 fully saturated rings. The lowest BCUT2D eigenvalue weighted by atomic mass is 10.1. The van der Waals surface area contributed by atoms with Gasteiger partial charge in [-0.1, -0.05) is 12.1 Å². The fraction of sp³-hybridized carbons (Fsp3) is 0.167. The Morgan fingerprint density at radius 2 is 1.77 bits per heavy atom. The number of H-pyrrole nitrogens is 1. The van der Waals surface area contributed by atoms with Crippen molar-refractivity contribution in [3.8, 4) is 0 Å². The molecule has 5 nitrogen and oxygen atoms in total. The SMILES string of the molecule is Cn1c(Cc2ccc(=O)[nH]n2)ccc1C(=O)c1ccc(C(F)(F)F)cc1. The first-order chi connectivity index (χ1) is 12.3. The topological polar surface area (TPSA) is 67.8 Å². The molecule has 3 rings (SSSR count). The molecule has 134 valence electrons. The Hall–Kier alpha value is -3.16. The second-order valence-corrected chi connectivity index (χ2v) is 5.76. The minimum absolute atomic E-state index is 0.174. The number of halogens is 3. The van der Waals surface area contributed by atoms with E-state index in [4.69, 9.17) is 0 Å². The van der Waals surface area contributed by atoms with Crippen LogP contribution in [0.2, 0.25) is 0 Å². The lowest BCUT2D eigenvalue weighted by Gasteiger charge is -2.09. The molecule has 0 saturated heterocycles. The molecule has 0 saturated carbocycles. The largest absolute Gasteiger partial charge is 0.416 e. The van der Waals surface area contributed by atoms with Crippen molar-refractivity contribution in [2.45, 2.75) is 12.6 Å². The lowest BCUT2D eigenvalue weighted by Crippen LogP contribution is -2.12. The van der Waals surface area contributed by atoms with Crippen LogP contribution >= 0.6 is 0 Å². The first-order valence-electron chi connectivity index (χ1n) is 7.67. The maximum Gasteiger partial charge on any atom is 0.416 e. The molecule has 0 unspecified atom stereocenters. The van der Waals surface area contributed by atoms with Gasteiger partial charge in [-0.15, -0.1) is 0 Å². The number of alkyl halides is 3. The van der Waals surface area contributed by atoms with Crippen LogP contribution in [0.5, 0.6) is 0 Å². The number of rotatable bonds is 4. The van der Waals surface area contributed by atoms with Gasteiger partial charge in [0.2, 0.25) is 5.78 Å². The number of nitrogens with zero attached hydrogens (tertiary/aromatic N) is 2. The summed E-state index contributed by atoms with van der Waals surface area (Å²) < 4.78 is 39.5. The second-order valence-electron chi connectivity index (χ2n) is 5.76. The van der Waals surface area contributed by atoms with Gasteiger partial charge in [0.1, 0.15) is 0 Å². The van der Waals surface area contributed by atoms with Gasteiger partial charge < -0.3 is 4.57 Å². The van der Waals surface area contributed by atoms with Gasteiger partial charge in [0.05, 0.1) is 17.0 Å². The molecule has 0 amide bonds. The summed E-state index contributed by atoms with van der Waals surface area (Å²) in [6.45, 7) is 0. The normalized spacial score (nSPS) is 11.5. The Labute approximate surface area is 146 Å². The maximum atomic E-state index is 12.6. The quantitative estimate of drug-likeness (QED) is 0.727. The molecule has 0 bridgehead atoms. The number of hydrogen-bond acceptors (Lipinski definition) is 3. The molecular weight excluding hydrogens is 347 g/mol. The van der Waals surface area contributed by atoms with Gasteiger partial charge in [-0.05, 0) is 30.3 Å². The number of nitrogens with one attached hydrogen (secondary N) is 1. The average molecular weight is 361 g/mol. The molecule has 8 heteroatoms. The Balaban J connectivity index is 1.83. The Kier molecular flexibility index (Phi) is 4.50. The predicted molar refractivity (Wildman–Crippen MR) is 88.0 cm³/mol. The molecule has 2 aromatic heterocycles. The summed E-state index contributed by atoms with van der Waals surface area (Å²) >= 11 is 0. The van der Waals surface area contributed by atoms with Gasteiger partial charge >= 0.3 is 6.18 Å². The summed E-state index contributed by atoms with van der Waals surface area (Å²) in [4.78, 5) is 23.6. The molecule has 2 heterocycles. The number of hydrogen-bond donors (Lipinski definition) is 1. The number of aromatic nitrogens is 3. The molecule has 0 aliphatic rings. The molecule has 3 aromatic rings. The molecule has 0 aliphatic heterocycles. The van der Waals surface area contributed by atoms with Crippen molar-refractivity contribution in [1.82, 2.24) is 14.8 Å². The van der Waals surface area contributed by atoms with Crippen LogP contribution in [0, 0.1) is 0 Å². The third-order valence-corrected chi connectivity index (χ3v) is 4.03. The van der Waals surface area contributed by atoms with Crippen LogP contribution in [-0.2, 0) is 19.6 Å². The number of carbonyl (C=O) groups excluding carboxylic acids is 1. The third-order valence-electron chi connectivity index (χ3n) is 4.03. The fourth-order valence-electron chi connectivity index (χ4n) is 2.57. The van der Waals surface area contributed by atoms with E-state index in [0.717, 1.165) is 17.8 Å². The monoisotopic (exact) mass is 361 g/mol. The highest BCUT2D eigenvalue weighted by Gasteiger charge is 2.30. The summed E-state index contributed by atoms with van der Waals surface area (Å²) in [6, 6.07) is 10.4. The van der Waals surface area contributed by atoms with E-state index >= 15 is 0 Å². The van der Waals surface area contributed by atoms with Crippen molar-refractivity contribution >= 4 is 5.78 Å². The van der Waals surface area contributed by atoms with E-state index in [9.17, 15) is 22.8 Å². The van der Waals surface area contributed by atoms with Gasteiger partial charge in [0.25, 0.3) is 5.56 Å². The fourth-order valence-corrected chi connectivity index (χ4v) is 2.57. The third kappa shape index (κ3) is 3.58. The first kappa shape index (κ1) is 17.7. The van der Waals surface area contributed by atoms with Gasteiger partial charge in [0.15, 0.2) is 0 Å². The van der Waals surface area contributed by atoms with Crippen LogP contribution in [-0.4, -0.2) is 20.5 Å². The minimum atomic E-state index is -4.44. The van der Waals surface area contributed by atoms with Gasteiger partial charge in [-0.2, -0.15) is 18.3 Å². The van der Waals surface area contributed by atoms with Crippen LogP contribution in [0.15, 0.2) is 53.3 Å². The number of carbonyl (C=O) groups is 1. The zero-order valence-electron chi connectivity index (χ0n) is 13.7. The summed E-state index contributed by atoms with van der Waals surface area (Å²) in [6.07, 6.45) is -4.04. The van der Waals surface area contributed by atoms with Gasteiger partial charge in [-0.25, -0.2) is 5.10 Å². The van der Waals surface area contributed by atoms with Gasteiger partial charge in [0, 0.05) is 30.8 Å². The summed E-state index contributed by atoms with van der Waals surface area (Å²) in [5.41, 5.74) is 0.820. The van der Waals surface area contributed by atoms with E-state index in [1.165, 1.54) is 18.2 Å². The van der Waals surface area contributed by atoms with E-state index in [0.29, 0.717) is 17.8 Å². The van der Waals surface area contributed by atoms with Gasteiger partial charge in [-0.3, -0.25) is 9.59 Å². The molecule has 1 aromatic carbocycles. The van der Waals surface area contributed by atoms with Crippen LogP contribution in [0.3, 0.4) is 0 Å². The van der Waals surface area contributed by atoms with Crippen molar-refractivity contribution in [3.05, 3.63) is 87.1 Å². The highest BCUT2D eigenvalue weighted by Crippen LogP contribution is 2.29. The van der Waals surface area contributed by atoms with Crippen LogP contribution in [0.25, 0.3) is 0 Å². The highest BCUT2D eigenvalue weighted by atomic mass is 19.4. The maximum absolute atomic E-state index is 12.6. The van der Waals surface area contributed by atoms with Crippen molar-refractivity contribution in [2.24, 2.45) is 7.05 Å². The van der Waals surface area contributed by atoms with Crippen LogP contribution in [0.4, 0.5) is 13.2 Å². The average Bonchev–Trinajstić information content (AvgIpc) is 2.96.